The lowest BCUT2D eigenvalue weighted by Gasteiger charge is -2.10. The maximum atomic E-state index is 10.8. The Morgan fingerprint density at radius 1 is 1.80 bits per heavy atom. The van der Waals surface area contributed by atoms with Gasteiger partial charge in [0.2, 0.25) is 0 Å². The summed E-state index contributed by atoms with van der Waals surface area (Å²) in [5.74, 6) is 0. The van der Waals surface area contributed by atoms with Crippen molar-refractivity contribution in [3.05, 3.63) is 0 Å². The molecule has 0 spiro atoms. The van der Waals surface area contributed by atoms with Crippen molar-refractivity contribution in [2.75, 3.05) is 12.9 Å². The number of thiol groups is 1. The van der Waals surface area contributed by atoms with E-state index in [1.165, 1.54) is 0 Å². The van der Waals surface area contributed by atoms with Crippen LogP contribution < -0.4 is 5.73 Å². The number of ether oxygens (including phenoxy) is 1. The first kappa shape index (κ1) is 9.29. The van der Waals surface area contributed by atoms with E-state index in [9.17, 15) is 4.79 Å². The second-order valence-electron chi connectivity index (χ2n) is 1.64. The summed E-state index contributed by atoms with van der Waals surface area (Å²) >= 11 is 0. The van der Waals surface area contributed by atoms with Crippen molar-refractivity contribution in [3.63, 3.8) is 0 Å². The fourth-order valence-electron chi connectivity index (χ4n) is 0.319. The quantitative estimate of drug-likeness (QED) is 0.231. The highest BCUT2D eigenvalue weighted by molar-refractivity contribution is 8.40. The second-order valence-corrected chi connectivity index (χ2v) is 3.61. The summed E-state index contributed by atoms with van der Waals surface area (Å²) in [6, 6.07) is 0. The molecule has 1 atom stereocenters. The molecule has 0 aliphatic carbocycles. The zero-order chi connectivity index (χ0) is 8.15. The number of rotatable bonds is 1. The Kier molecular flexibility index (Phi) is 3.87. The first-order chi connectivity index (χ1) is 4.59. The molecule has 3 N–H and O–H groups in total. The van der Waals surface area contributed by atoms with Crippen molar-refractivity contribution >= 4 is 21.4 Å². The van der Waals surface area contributed by atoms with Crippen molar-refractivity contribution < 1.29 is 9.53 Å². The normalized spacial score (nSPS) is 14.0. The topological polar surface area (TPSA) is 76.2 Å². The lowest BCUT2D eigenvalue weighted by molar-refractivity contribution is 0.181. The maximum Gasteiger partial charge on any atom is 0.353 e. The van der Waals surface area contributed by atoms with Gasteiger partial charge in [0.1, 0.15) is 5.17 Å². The smallest absolute Gasteiger partial charge is 0.353 e. The first-order valence-corrected chi connectivity index (χ1v) is 4.63. The summed E-state index contributed by atoms with van der Waals surface area (Å²) in [5, 5.41) is 6.46. The first-order valence-electron chi connectivity index (χ1n) is 2.84. The van der Waals surface area contributed by atoms with E-state index in [1.54, 1.807) is 13.2 Å². The van der Waals surface area contributed by atoms with E-state index in [1.807, 2.05) is 0 Å². The van der Waals surface area contributed by atoms with Gasteiger partial charge in [-0.05, 0) is 13.2 Å². The molecule has 0 aromatic carbocycles. The molecule has 0 heterocycles. The van der Waals surface area contributed by atoms with Crippen LogP contribution in [0.15, 0.2) is 0 Å². The van der Waals surface area contributed by atoms with Gasteiger partial charge in [-0.15, -0.1) is 10.9 Å². The van der Waals surface area contributed by atoms with Gasteiger partial charge in [-0.25, -0.2) is 4.79 Å². The largest absolute Gasteiger partial charge is 0.459 e. The molecule has 5 heteroatoms. The van der Waals surface area contributed by atoms with Crippen molar-refractivity contribution in [2.24, 2.45) is 5.73 Å². The molecule has 10 heavy (non-hydrogen) atoms. The highest BCUT2D eigenvalue weighted by Crippen LogP contribution is 2.20. The molecule has 0 saturated carbocycles. The van der Waals surface area contributed by atoms with Crippen LogP contribution in [-0.2, 0) is 4.74 Å². The van der Waals surface area contributed by atoms with Crippen LogP contribution >= 0.6 is 10.9 Å². The lowest BCUT2D eigenvalue weighted by Crippen LogP contribution is -2.16. The van der Waals surface area contributed by atoms with Gasteiger partial charge in [0, 0.05) is 0 Å². The van der Waals surface area contributed by atoms with E-state index in [-0.39, 0.29) is 10.5 Å². The summed E-state index contributed by atoms with van der Waals surface area (Å²) in [5.41, 5.74) is 5.08. The molecule has 0 rings (SSSR count). The number of carbonyl (C=O) groups excluding carboxylic acids is 1. The van der Waals surface area contributed by atoms with Gasteiger partial charge in [-0.2, -0.15) is 0 Å². The average Bonchev–Trinajstić information content (AvgIpc) is 1.87. The van der Waals surface area contributed by atoms with Crippen molar-refractivity contribution in [3.8, 4) is 0 Å². The molecule has 0 amide bonds. The molecule has 60 valence electrons. The fourth-order valence-corrected chi connectivity index (χ4v) is 0.838. The van der Waals surface area contributed by atoms with Crippen LogP contribution in [-0.4, -0.2) is 23.3 Å². The second kappa shape index (κ2) is 4.16. The molecule has 0 bridgehead atoms. The van der Waals surface area contributed by atoms with Crippen LogP contribution in [0.2, 0.25) is 0 Å². The van der Waals surface area contributed by atoms with Gasteiger partial charge in [0.15, 0.2) is 0 Å². The third-order valence-electron chi connectivity index (χ3n) is 0.903. The zero-order valence-corrected chi connectivity index (χ0v) is 6.94. The van der Waals surface area contributed by atoms with Crippen molar-refractivity contribution in [1.29, 1.82) is 5.41 Å². The Balaban J connectivity index is 3.82. The van der Waals surface area contributed by atoms with Crippen molar-refractivity contribution in [2.45, 2.75) is 6.92 Å². The number of hydrogen-bond acceptors (Lipinski definition) is 3. The van der Waals surface area contributed by atoms with Gasteiger partial charge in [-0.3, -0.25) is 5.41 Å². The van der Waals surface area contributed by atoms with Crippen molar-refractivity contribution in [1.82, 2.24) is 0 Å². The van der Waals surface area contributed by atoms with Crippen LogP contribution in [0.1, 0.15) is 6.92 Å². The van der Waals surface area contributed by atoms with Crippen LogP contribution in [0, 0.1) is 5.41 Å². The minimum absolute atomic E-state index is 0.0894. The van der Waals surface area contributed by atoms with Gasteiger partial charge in [0.25, 0.3) is 0 Å². The zero-order valence-electron chi connectivity index (χ0n) is 6.05. The highest BCUT2D eigenvalue weighted by atomic mass is 32.2. The van der Waals surface area contributed by atoms with E-state index in [0.717, 1.165) is 0 Å². The third kappa shape index (κ3) is 2.72. The van der Waals surface area contributed by atoms with Crippen LogP contribution in [0.5, 0.6) is 0 Å². The fraction of sp³-hybridized carbons (Fsp3) is 0.600. The Bertz CT molecular complexity index is 149. The highest BCUT2D eigenvalue weighted by Gasteiger charge is 2.11. The monoisotopic (exact) mass is 164 g/mol. The molecule has 1 unspecified atom stereocenters. The molecule has 0 aliphatic rings. The van der Waals surface area contributed by atoms with E-state index in [4.69, 9.17) is 11.1 Å². The van der Waals surface area contributed by atoms with E-state index >= 15 is 0 Å². The van der Waals surface area contributed by atoms with Gasteiger partial charge < -0.3 is 10.5 Å². The summed E-state index contributed by atoms with van der Waals surface area (Å²) in [6.45, 7) is 2.07. The molecule has 0 fully saturated rings. The Morgan fingerprint density at radius 2 is 2.30 bits per heavy atom. The minimum atomic E-state index is -1.21. The minimum Gasteiger partial charge on any atom is -0.459 e. The molecule has 0 saturated heterocycles. The van der Waals surface area contributed by atoms with E-state index < -0.39 is 10.9 Å². The van der Waals surface area contributed by atoms with Gasteiger partial charge in [0.05, 0.1) is 6.61 Å². The van der Waals surface area contributed by atoms with E-state index in [0.29, 0.717) is 6.61 Å². The van der Waals surface area contributed by atoms with Gasteiger partial charge >= 0.3 is 5.30 Å². The number of nitrogens with two attached hydrogens (primary N) is 1. The predicted molar refractivity (Wildman–Crippen MR) is 43.8 cm³/mol. The molecule has 0 aromatic heterocycles. The summed E-state index contributed by atoms with van der Waals surface area (Å²) in [6.07, 6.45) is 1.61. The molecule has 0 aliphatic heterocycles. The Labute approximate surface area is 62.6 Å². The van der Waals surface area contributed by atoms with Crippen LogP contribution in [0.3, 0.4) is 0 Å². The molecular formula is C5H12N2O2S. The van der Waals surface area contributed by atoms with Crippen LogP contribution in [0.25, 0.3) is 0 Å². The number of carbonyl (C=O) groups is 1. The number of nitrogens with one attached hydrogen (secondary N) is 1. The standard InChI is InChI=1S/C5H12N2O2S/c1-3-9-5(8)10(2)4(6)7/h10H,3H2,1-2H3,(H3,6,7). The molecule has 0 radical (unpaired) electrons. The Hall–Kier alpha value is -0.710. The summed E-state index contributed by atoms with van der Waals surface area (Å²) < 4.78 is 4.63. The average molecular weight is 164 g/mol. The SMILES string of the molecule is CCOC(=O)[SH](C)C(=N)N. The molecular weight excluding hydrogens is 152 g/mol. The summed E-state index contributed by atoms with van der Waals surface area (Å²) in [7, 11) is -1.21. The number of hydrogen-bond donors (Lipinski definition) is 3. The lowest BCUT2D eigenvalue weighted by atomic mass is 10.9. The van der Waals surface area contributed by atoms with E-state index in [2.05, 4.69) is 4.74 Å². The maximum absolute atomic E-state index is 10.8. The number of amidine groups is 1. The molecule has 0 aromatic rings. The molecule has 4 nitrogen and oxygen atoms in total. The third-order valence-corrected chi connectivity index (χ3v) is 2.30. The predicted octanol–water partition coefficient (Wildman–Crippen LogP) is 0.667. The van der Waals surface area contributed by atoms with Gasteiger partial charge in [-0.1, -0.05) is 0 Å². The summed E-state index contributed by atoms with van der Waals surface area (Å²) in [4.78, 5) is 10.8. The van der Waals surface area contributed by atoms with Crippen LogP contribution in [0.4, 0.5) is 4.79 Å². The Morgan fingerprint density at radius 3 is 2.60 bits per heavy atom.